The molecular formula is C48H41NO. The molecule has 244 valence electrons. The Labute approximate surface area is 294 Å². The quantitative estimate of drug-likeness (QED) is 0.179. The average molecular weight is 648 g/mol. The zero-order chi connectivity index (χ0) is 33.7. The molecule has 4 atom stereocenters. The van der Waals surface area contributed by atoms with Crippen LogP contribution in [0.15, 0.2) is 180 Å². The standard InChI is InChI=1S/C48H41NO/c1-33-30-36(34-16-6-3-7-17-34)27-28-39(33)37-20-15-29-48(2,32-37)49(38-21-10-5-11-22-38)44-25-14-26-45-46(44)43-31-42(35-18-8-4-9-19-35)40-23-12-13-24-41(40)47(43)50-45/h3-21,23-31,33,38-39H,22,32H2,1-2H3. The van der Waals surface area contributed by atoms with Gasteiger partial charge in [0.2, 0.25) is 0 Å². The highest BCUT2D eigenvalue weighted by Gasteiger charge is 2.39. The number of rotatable bonds is 6. The fourth-order valence-electron chi connectivity index (χ4n) is 8.69. The van der Waals surface area contributed by atoms with E-state index in [-0.39, 0.29) is 11.6 Å². The van der Waals surface area contributed by atoms with Gasteiger partial charge in [0.25, 0.3) is 0 Å². The number of benzene rings is 5. The summed E-state index contributed by atoms with van der Waals surface area (Å²) in [5, 5.41) is 4.70. The van der Waals surface area contributed by atoms with Crippen LogP contribution in [0.3, 0.4) is 0 Å². The van der Waals surface area contributed by atoms with Crippen molar-refractivity contribution in [3.8, 4) is 11.1 Å². The first kappa shape index (κ1) is 30.5. The molecule has 0 saturated heterocycles. The van der Waals surface area contributed by atoms with Crippen LogP contribution in [-0.4, -0.2) is 11.6 Å². The second-order valence-electron chi connectivity index (χ2n) is 14.3. The number of hydrogen-bond donors (Lipinski definition) is 0. The van der Waals surface area contributed by atoms with Crippen LogP contribution in [0.25, 0.3) is 49.4 Å². The fraction of sp³-hybridized carbons (Fsp3) is 0.167. The van der Waals surface area contributed by atoms with Crippen LogP contribution in [0, 0.1) is 11.8 Å². The van der Waals surface area contributed by atoms with Gasteiger partial charge >= 0.3 is 0 Å². The van der Waals surface area contributed by atoms with E-state index in [4.69, 9.17) is 4.42 Å². The van der Waals surface area contributed by atoms with Crippen molar-refractivity contribution in [1.82, 2.24) is 0 Å². The SMILES string of the molecule is CC1C=C(c2ccccc2)C=CC1C1=CC=CC(C)(N(c2cccc3oc4c5ccccc5c(-c5ccccc5)cc4c23)C2C=CC=CC2)C1. The van der Waals surface area contributed by atoms with E-state index in [1.54, 1.807) is 0 Å². The van der Waals surface area contributed by atoms with Crippen molar-refractivity contribution in [3.05, 3.63) is 181 Å². The molecular weight excluding hydrogens is 607 g/mol. The number of nitrogens with zero attached hydrogens (tertiary/aromatic N) is 1. The lowest BCUT2D eigenvalue weighted by Crippen LogP contribution is -2.52. The Morgan fingerprint density at radius 3 is 2.26 bits per heavy atom. The largest absolute Gasteiger partial charge is 0.455 e. The summed E-state index contributed by atoms with van der Waals surface area (Å²) < 4.78 is 6.83. The van der Waals surface area contributed by atoms with Gasteiger partial charge in [0.05, 0.1) is 17.0 Å². The van der Waals surface area contributed by atoms with Gasteiger partial charge in [-0.3, -0.25) is 0 Å². The number of allylic oxidation sites excluding steroid dienone is 8. The van der Waals surface area contributed by atoms with Crippen LogP contribution in [0.5, 0.6) is 0 Å². The number of furan rings is 1. The predicted octanol–water partition coefficient (Wildman–Crippen LogP) is 12.6. The number of fused-ring (bicyclic) bond motifs is 5. The Bertz CT molecular complexity index is 2420. The Hall–Kier alpha value is -5.60. The monoisotopic (exact) mass is 647 g/mol. The van der Waals surface area contributed by atoms with Gasteiger partial charge in [-0.1, -0.05) is 164 Å². The molecule has 0 spiro atoms. The van der Waals surface area contributed by atoms with E-state index in [1.807, 2.05) is 0 Å². The maximum Gasteiger partial charge on any atom is 0.143 e. The Morgan fingerprint density at radius 2 is 1.50 bits per heavy atom. The zero-order valence-electron chi connectivity index (χ0n) is 28.7. The van der Waals surface area contributed by atoms with Crippen LogP contribution in [-0.2, 0) is 0 Å². The van der Waals surface area contributed by atoms with Gasteiger partial charge in [-0.2, -0.15) is 0 Å². The summed E-state index contributed by atoms with van der Waals surface area (Å²) in [5.41, 5.74) is 9.34. The van der Waals surface area contributed by atoms with E-state index >= 15 is 0 Å². The molecule has 0 N–H and O–H groups in total. The van der Waals surface area contributed by atoms with Crippen molar-refractivity contribution in [2.24, 2.45) is 11.8 Å². The van der Waals surface area contributed by atoms with Crippen LogP contribution in [0.1, 0.15) is 32.3 Å². The second-order valence-corrected chi connectivity index (χ2v) is 14.3. The van der Waals surface area contributed by atoms with Crippen molar-refractivity contribution in [3.63, 3.8) is 0 Å². The highest BCUT2D eigenvalue weighted by atomic mass is 16.3. The first-order valence-electron chi connectivity index (χ1n) is 18.0. The summed E-state index contributed by atoms with van der Waals surface area (Å²) in [6, 6.07) is 39.4. The molecule has 9 rings (SSSR count). The van der Waals surface area contributed by atoms with Crippen molar-refractivity contribution in [2.45, 2.75) is 38.3 Å². The molecule has 2 nitrogen and oxygen atoms in total. The fourth-order valence-corrected chi connectivity index (χ4v) is 8.69. The lowest BCUT2D eigenvalue weighted by atomic mass is 9.74. The lowest BCUT2D eigenvalue weighted by molar-refractivity contribution is 0.440. The van der Waals surface area contributed by atoms with Crippen LogP contribution in [0.4, 0.5) is 5.69 Å². The second kappa shape index (κ2) is 12.4. The van der Waals surface area contributed by atoms with Crippen molar-refractivity contribution in [2.75, 3.05) is 4.90 Å². The molecule has 5 aromatic carbocycles. The Balaban J connectivity index is 1.17. The molecule has 6 aromatic rings. The molecule has 3 aliphatic rings. The van der Waals surface area contributed by atoms with Crippen molar-refractivity contribution in [1.29, 1.82) is 0 Å². The molecule has 0 bridgehead atoms. The molecule has 4 unspecified atom stereocenters. The third kappa shape index (κ3) is 5.18. The van der Waals surface area contributed by atoms with E-state index in [9.17, 15) is 0 Å². The summed E-state index contributed by atoms with van der Waals surface area (Å²) >= 11 is 0. The van der Waals surface area contributed by atoms with Gasteiger partial charge in [-0.25, -0.2) is 0 Å². The smallest absolute Gasteiger partial charge is 0.143 e. The predicted molar refractivity (Wildman–Crippen MR) is 212 cm³/mol. The molecule has 2 heteroatoms. The van der Waals surface area contributed by atoms with Gasteiger partial charge in [0, 0.05) is 22.4 Å². The molecule has 50 heavy (non-hydrogen) atoms. The topological polar surface area (TPSA) is 16.4 Å². The van der Waals surface area contributed by atoms with Gasteiger partial charge in [0.15, 0.2) is 0 Å². The molecule has 0 saturated carbocycles. The maximum atomic E-state index is 6.83. The van der Waals surface area contributed by atoms with E-state index in [1.165, 1.54) is 44.3 Å². The molecule has 0 radical (unpaired) electrons. The lowest BCUT2D eigenvalue weighted by Gasteiger charge is -2.48. The Kier molecular flexibility index (Phi) is 7.54. The van der Waals surface area contributed by atoms with Gasteiger partial charge < -0.3 is 9.32 Å². The van der Waals surface area contributed by atoms with Gasteiger partial charge in [-0.15, -0.1) is 0 Å². The van der Waals surface area contributed by atoms with Crippen molar-refractivity contribution >= 4 is 44.0 Å². The molecule has 0 fully saturated rings. The summed E-state index contributed by atoms with van der Waals surface area (Å²) in [6.07, 6.45) is 25.3. The number of anilines is 1. The normalized spacial score (nSPS) is 23.0. The highest BCUT2D eigenvalue weighted by Crippen LogP contribution is 2.47. The minimum atomic E-state index is -0.266. The number of hydrogen-bond acceptors (Lipinski definition) is 2. The Morgan fingerprint density at radius 1 is 0.740 bits per heavy atom. The van der Waals surface area contributed by atoms with E-state index in [0.717, 1.165) is 34.8 Å². The van der Waals surface area contributed by atoms with Crippen LogP contribution < -0.4 is 4.90 Å². The summed E-state index contributed by atoms with van der Waals surface area (Å²) in [4.78, 5) is 2.69. The molecule has 1 aromatic heterocycles. The summed E-state index contributed by atoms with van der Waals surface area (Å²) in [6.45, 7) is 4.80. The first-order chi connectivity index (χ1) is 24.6. The molecule has 3 aliphatic carbocycles. The summed E-state index contributed by atoms with van der Waals surface area (Å²) in [7, 11) is 0. The molecule has 0 aliphatic heterocycles. The third-order valence-corrected chi connectivity index (χ3v) is 11.0. The summed E-state index contributed by atoms with van der Waals surface area (Å²) in [5.74, 6) is 0.745. The van der Waals surface area contributed by atoms with Crippen LogP contribution >= 0.6 is 0 Å². The van der Waals surface area contributed by atoms with Gasteiger partial charge in [0.1, 0.15) is 11.2 Å². The molecule has 1 heterocycles. The van der Waals surface area contributed by atoms with Gasteiger partial charge in [-0.05, 0) is 71.5 Å². The highest BCUT2D eigenvalue weighted by molar-refractivity contribution is 6.22. The van der Waals surface area contributed by atoms with E-state index < -0.39 is 0 Å². The first-order valence-corrected chi connectivity index (χ1v) is 18.0. The molecule has 0 amide bonds. The van der Waals surface area contributed by atoms with Crippen molar-refractivity contribution < 1.29 is 4.42 Å². The maximum absolute atomic E-state index is 6.83. The zero-order valence-corrected chi connectivity index (χ0v) is 28.7. The average Bonchev–Trinajstić information content (AvgIpc) is 3.55. The van der Waals surface area contributed by atoms with E-state index in [2.05, 4.69) is 189 Å². The van der Waals surface area contributed by atoms with Crippen LogP contribution in [0.2, 0.25) is 0 Å². The minimum Gasteiger partial charge on any atom is -0.455 e. The third-order valence-electron chi connectivity index (χ3n) is 11.0. The minimum absolute atomic E-state index is 0.197. The van der Waals surface area contributed by atoms with E-state index in [0.29, 0.717) is 11.8 Å².